The van der Waals surface area contributed by atoms with Crippen molar-refractivity contribution in [2.75, 3.05) is 36.8 Å². The lowest BCUT2D eigenvalue weighted by atomic mass is 10.3. The third kappa shape index (κ3) is 3.58. The zero-order valence-corrected chi connectivity index (χ0v) is 14.4. The Bertz CT molecular complexity index is 827. The van der Waals surface area contributed by atoms with Crippen LogP contribution >= 0.6 is 11.8 Å². The summed E-state index contributed by atoms with van der Waals surface area (Å²) in [6.45, 7) is 2.89. The Balaban J connectivity index is 1.30. The molecule has 0 saturated carbocycles. The standard InChI is InChI=1S/C17H18N6OS/c24-15(12-25-17-20-13-4-1-2-5-14(13)21-17)22-8-10-23(11-9-22)16-18-6-3-7-19-16/h1-7H,8-12H2,(H,20,21). The highest BCUT2D eigenvalue weighted by Gasteiger charge is 2.22. The number of rotatable bonds is 4. The number of piperazine rings is 1. The molecule has 0 spiro atoms. The summed E-state index contributed by atoms with van der Waals surface area (Å²) >= 11 is 1.45. The topological polar surface area (TPSA) is 78.0 Å². The van der Waals surface area contributed by atoms with Gasteiger partial charge in [0.25, 0.3) is 0 Å². The summed E-state index contributed by atoms with van der Waals surface area (Å²) in [5, 5.41) is 0.783. The number of anilines is 1. The maximum absolute atomic E-state index is 12.4. The molecular formula is C17H18N6OS. The number of carbonyl (C=O) groups excluding carboxylic acids is 1. The Hall–Kier alpha value is -2.61. The molecule has 1 aliphatic heterocycles. The molecule has 1 aromatic carbocycles. The Morgan fingerprint density at radius 2 is 1.84 bits per heavy atom. The van der Waals surface area contributed by atoms with Crippen molar-refractivity contribution in [2.45, 2.75) is 5.16 Å². The molecule has 0 aliphatic carbocycles. The van der Waals surface area contributed by atoms with Gasteiger partial charge in [0, 0.05) is 38.6 Å². The number of imidazole rings is 1. The summed E-state index contributed by atoms with van der Waals surface area (Å²) in [5.74, 6) is 1.26. The van der Waals surface area contributed by atoms with Gasteiger partial charge < -0.3 is 14.8 Å². The molecule has 2 aromatic heterocycles. The molecule has 0 atom stereocenters. The summed E-state index contributed by atoms with van der Waals surface area (Å²) in [6, 6.07) is 9.68. The lowest BCUT2D eigenvalue weighted by molar-refractivity contribution is -0.128. The zero-order chi connectivity index (χ0) is 17.1. The van der Waals surface area contributed by atoms with E-state index in [0.29, 0.717) is 18.8 Å². The maximum atomic E-state index is 12.4. The molecule has 0 unspecified atom stereocenters. The third-order valence-corrected chi connectivity index (χ3v) is 5.03. The van der Waals surface area contributed by atoms with Gasteiger partial charge in [0.1, 0.15) is 0 Å². The first-order chi connectivity index (χ1) is 12.3. The molecule has 1 aliphatic rings. The molecule has 4 rings (SSSR count). The van der Waals surface area contributed by atoms with E-state index in [1.54, 1.807) is 18.5 Å². The first-order valence-corrected chi connectivity index (χ1v) is 9.15. The molecule has 128 valence electrons. The third-order valence-electron chi connectivity index (χ3n) is 4.17. The molecule has 7 nitrogen and oxygen atoms in total. The van der Waals surface area contributed by atoms with Gasteiger partial charge in [-0.2, -0.15) is 0 Å². The Morgan fingerprint density at radius 1 is 1.08 bits per heavy atom. The number of hydrogen-bond donors (Lipinski definition) is 1. The summed E-state index contributed by atoms with van der Waals surface area (Å²) in [6.07, 6.45) is 3.48. The van der Waals surface area contributed by atoms with Crippen molar-refractivity contribution >= 4 is 34.7 Å². The van der Waals surface area contributed by atoms with E-state index in [4.69, 9.17) is 0 Å². The number of para-hydroxylation sites is 2. The van der Waals surface area contributed by atoms with Crippen LogP contribution < -0.4 is 4.90 Å². The molecule has 8 heteroatoms. The lowest BCUT2D eigenvalue weighted by Gasteiger charge is -2.34. The number of carbonyl (C=O) groups is 1. The smallest absolute Gasteiger partial charge is 0.233 e. The second-order valence-corrected chi connectivity index (χ2v) is 6.73. The minimum atomic E-state index is 0.138. The van der Waals surface area contributed by atoms with Gasteiger partial charge in [-0.3, -0.25) is 4.79 Å². The monoisotopic (exact) mass is 354 g/mol. The first-order valence-electron chi connectivity index (χ1n) is 8.17. The number of amides is 1. The van der Waals surface area contributed by atoms with Crippen molar-refractivity contribution < 1.29 is 4.79 Å². The Morgan fingerprint density at radius 3 is 2.60 bits per heavy atom. The molecule has 1 amide bonds. The van der Waals surface area contributed by atoms with Crippen molar-refractivity contribution in [3.05, 3.63) is 42.7 Å². The van der Waals surface area contributed by atoms with E-state index in [-0.39, 0.29) is 5.91 Å². The highest BCUT2D eigenvalue weighted by molar-refractivity contribution is 7.99. The number of aromatic nitrogens is 4. The van der Waals surface area contributed by atoms with Crippen LogP contribution in [0.1, 0.15) is 0 Å². The van der Waals surface area contributed by atoms with Crippen molar-refractivity contribution in [2.24, 2.45) is 0 Å². The minimum absolute atomic E-state index is 0.138. The Labute approximate surface area is 149 Å². The van der Waals surface area contributed by atoms with Gasteiger partial charge in [-0.1, -0.05) is 23.9 Å². The highest BCUT2D eigenvalue weighted by Crippen LogP contribution is 2.20. The van der Waals surface area contributed by atoms with Crippen molar-refractivity contribution in [1.82, 2.24) is 24.8 Å². The molecule has 1 saturated heterocycles. The molecule has 0 radical (unpaired) electrons. The minimum Gasteiger partial charge on any atom is -0.338 e. The van der Waals surface area contributed by atoms with E-state index >= 15 is 0 Å². The second kappa shape index (κ2) is 7.10. The number of H-pyrrole nitrogens is 1. The van der Waals surface area contributed by atoms with Crippen LogP contribution in [0.5, 0.6) is 0 Å². The highest BCUT2D eigenvalue weighted by atomic mass is 32.2. The first kappa shape index (κ1) is 15.9. The molecule has 0 bridgehead atoms. The summed E-state index contributed by atoms with van der Waals surface area (Å²) < 4.78 is 0. The molecule has 3 aromatic rings. The number of benzene rings is 1. The van der Waals surface area contributed by atoms with Crippen LogP contribution in [0.3, 0.4) is 0 Å². The predicted octanol–water partition coefficient (Wildman–Crippen LogP) is 1.79. The Kier molecular flexibility index (Phi) is 4.51. The van der Waals surface area contributed by atoms with Gasteiger partial charge >= 0.3 is 0 Å². The van der Waals surface area contributed by atoms with Crippen molar-refractivity contribution in [3.8, 4) is 0 Å². The fourth-order valence-electron chi connectivity index (χ4n) is 2.83. The van der Waals surface area contributed by atoms with E-state index < -0.39 is 0 Å². The van der Waals surface area contributed by atoms with E-state index in [9.17, 15) is 4.79 Å². The fraction of sp³-hybridized carbons (Fsp3) is 0.294. The molecule has 1 N–H and O–H groups in total. The van der Waals surface area contributed by atoms with Crippen LogP contribution in [-0.4, -0.2) is 62.7 Å². The quantitative estimate of drug-likeness (QED) is 0.720. The number of fused-ring (bicyclic) bond motifs is 1. The molecule has 3 heterocycles. The summed E-state index contributed by atoms with van der Waals surface area (Å²) in [5.41, 5.74) is 1.92. The average molecular weight is 354 g/mol. The van der Waals surface area contributed by atoms with Gasteiger partial charge in [0.15, 0.2) is 5.16 Å². The van der Waals surface area contributed by atoms with Crippen LogP contribution in [0.2, 0.25) is 0 Å². The number of aromatic amines is 1. The average Bonchev–Trinajstić information content (AvgIpc) is 3.10. The van der Waals surface area contributed by atoms with Crippen molar-refractivity contribution in [3.63, 3.8) is 0 Å². The van der Waals surface area contributed by atoms with Gasteiger partial charge in [0.2, 0.25) is 11.9 Å². The van der Waals surface area contributed by atoms with E-state index in [2.05, 4.69) is 24.8 Å². The predicted molar refractivity (Wildman–Crippen MR) is 97.6 cm³/mol. The van der Waals surface area contributed by atoms with Crippen LogP contribution in [0.25, 0.3) is 11.0 Å². The van der Waals surface area contributed by atoms with Gasteiger partial charge in [-0.25, -0.2) is 15.0 Å². The van der Waals surface area contributed by atoms with Gasteiger partial charge in [0.05, 0.1) is 16.8 Å². The van der Waals surface area contributed by atoms with Crippen LogP contribution in [0.15, 0.2) is 47.9 Å². The van der Waals surface area contributed by atoms with Crippen LogP contribution in [0.4, 0.5) is 5.95 Å². The SMILES string of the molecule is O=C(CSc1nc2ccccc2[nH]1)N1CCN(c2ncccn2)CC1. The number of hydrogen-bond acceptors (Lipinski definition) is 6. The summed E-state index contributed by atoms with van der Waals surface area (Å²) in [7, 11) is 0. The second-order valence-electron chi connectivity index (χ2n) is 5.76. The largest absolute Gasteiger partial charge is 0.338 e. The molecule has 1 fully saturated rings. The fourth-order valence-corrected chi connectivity index (χ4v) is 3.62. The maximum Gasteiger partial charge on any atom is 0.233 e. The normalized spacial score (nSPS) is 14.9. The van der Waals surface area contributed by atoms with Crippen molar-refractivity contribution in [1.29, 1.82) is 0 Å². The van der Waals surface area contributed by atoms with E-state index in [1.807, 2.05) is 29.2 Å². The summed E-state index contributed by atoms with van der Waals surface area (Å²) in [4.78, 5) is 32.7. The van der Waals surface area contributed by atoms with Gasteiger partial charge in [-0.05, 0) is 18.2 Å². The van der Waals surface area contributed by atoms with E-state index in [0.717, 1.165) is 35.2 Å². The number of nitrogens with one attached hydrogen (secondary N) is 1. The zero-order valence-electron chi connectivity index (χ0n) is 13.6. The molecule has 25 heavy (non-hydrogen) atoms. The van der Waals surface area contributed by atoms with Crippen LogP contribution in [-0.2, 0) is 4.79 Å². The van der Waals surface area contributed by atoms with Crippen LogP contribution in [0, 0.1) is 0 Å². The lowest BCUT2D eigenvalue weighted by Crippen LogP contribution is -2.49. The number of thioether (sulfide) groups is 1. The van der Waals surface area contributed by atoms with Gasteiger partial charge in [-0.15, -0.1) is 0 Å². The molecular weight excluding hydrogens is 336 g/mol. The van der Waals surface area contributed by atoms with E-state index in [1.165, 1.54) is 11.8 Å². The number of nitrogens with zero attached hydrogens (tertiary/aromatic N) is 5.